The van der Waals surface area contributed by atoms with Gasteiger partial charge in [0.15, 0.2) is 0 Å². The minimum atomic E-state index is -0.414. The minimum Gasteiger partial charge on any atom is -0.496 e. The summed E-state index contributed by atoms with van der Waals surface area (Å²) in [6, 6.07) is 13.8. The lowest BCUT2D eigenvalue weighted by atomic mass is 9.72. The molecule has 2 aromatic carbocycles. The third kappa shape index (κ3) is 4.91. The van der Waals surface area contributed by atoms with Crippen LogP contribution in [0.5, 0.6) is 5.75 Å². The molecule has 0 atom stereocenters. The van der Waals surface area contributed by atoms with E-state index >= 15 is 0 Å². The maximum absolute atomic E-state index is 11.5. The summed E-state index contributed by atoms with van der Waals surface area (Å²) >= 11 is 0. The van der Waals surface area contributed by atoms with Crippen LogP contribution in [-0.2, 0) is 6.42 Å². The number of hydrogen-bond donors (Lipinski definition) is 1. The molecule has 3 heteroatoms. The van der Waals surface area contributed by atoms with Crippen LogP contribution in [-0.4, -0.2) is 13.0 Å². The maximum atomic E-state index is 11.5. The van der Waals surface area contributed by atoms with Gasteiger partial charge in [-0.15, -0.1) is 0 Å². The van der Waals surface area contributed by atoms with Gasteiger partial charge < -0.3 is 10.5 Å². The minimum absolute atomic E-state index is 0.414. The molecule has 144 valence electrons. The molecule has 1 saturated carbocycles. The highest BCUT2D eigenvalue weighted by Gasteiger charge is 2.26. The van der Waals surface area contributed by atoms with Gasteiger partial charge in [0.25, 0.3) is 0 Å². The van der Waals surface area contributed by atoms with Crippen molar-refractivity contribution in [2.45, 2.75) is 52.4 Å². The molecule has 1 aliphatic rings. The monoisotopic (exact) mass is 365 g/mol. The number of aryl methyl sites for hydroxylation is 1. The van der Waals surface area contributed by atoms with Gasteiger partial charge in [-0.1, -0.05) is 38.1 Å². The summed E-state index contributed by atoms with van der Waals surface area (Å²) in [5, 5.41) is 0. The summed E-state index contributed by atoms with van der Waals surface area (Å²) in [6.07, 6.45) is 7.72. The first-order valence-corrected chi connectivity index (χ1v) is 9.95. The molecule has 1 aliphatic carbocycles. The summed E-state index contributed by atoms with van der Waals surface area (Å²) < 4.78 is 5.64. The van der Waals surface area contributed by atoms with E-state index in [9.17, 15) is 4.79 Å². The van der Waals surface area contributed by atoms with Crippen LogP contribution >= 0.6 is 0 Å². The van der Waals surface area contributed by atoms with Crippen molar-refractivity contribution in [3.8, 4) is 16.9 Å². The zero-order chi connectivity index (χ0) is 19.4. The van der Waals surface area contributed by atoms with Gasteiger partial charge in [0.05, 0.1) is 7.11 Å². The molecule has 3 rings (SSSR count). The number of rotatable bonds is 6. The molecule has 1 amide bonds. The third-order valence-electron chi connectivity index (χ3n) is 6.02. The number of carbonyl (C=O) groups excluding carboxylic acids is 1. The largest absolute Gasteiger partial charge is 0.496 e. The first-order chi connectivity index (χ1) is 12.9. The molecule has 0 saturated heterocycles. The zero-order valence-corrected chi connectivity index (χ0v) is 16.8. The van der Waals surface area contributed by atoms with Gasteiger partial charge in [-0.2, -0.15) is 0 Å². The number of nitrogens with two attached hydrogens (primary N) is 1. The molecule has 1 fully saturated rings. The number of ether oxygens (including phenoxy) is 1. The second kappa shape index (κ2) is 8.16. The first-order valence-electron chi connectivity index (χ1n) is 9.95. The van der Waals surface area contributed by atoms with Crippen LogP contribution in [0.1, 0.15) is 61.9 Å². The van der Waals surface area contributed by atoms with Crippen molar-refractivity contribution in [1.82, 2.24) is 0 Å². The Morgan fingerprint density at radius 3 is 2.56 bits per heavy atom. The summed E-state index contributed by atoms with van der Waals surface area (Å²) in [5.74, 6) is 1.28. The molecular formula is C24H31NO2. The molecular weight excluding hydrogens is 334 g/mol. The first kappa shape index (κ1) is 19.5. The lowest BCUT2D eigenvalue weighted by molar-refractivity contribution is 0.100. The Kier molecular flexibility index (Phi) is 5.88. The third-order valence-corrected chi connectivity index (χ3v) is 6.02. The number of amides is 1. The molecule has 0 aliphatic heterocycles. The van der Waals surface area contributed by atoms with Crippen LogP contribution in [0.4, 0.5) is 0 Å². The van der Waals surface area contributed by atoms with Crippen molar-refractivity contribution in [2.75, 3.05) is 7.11 Å². The second-order valence-electron chi connectivity index (χ2n) is 8.63. The van der Waals surface area contributed by atoms with E-state index in [4.69, 9.17) is 10.5 Å². The molecule has 0 unspecified atom stereocenters. The van der Waals surface area contributed by atoms with Crippen molar-refractivity contribution in [1.29, 1.82) is 0 Å². The molecule has 0 bridgehead atoms. The molecule has 0 heterocycles. The lowest BCUT2D eigenvalue weighted by Gasteiger charge is -2.34. The Labute approximate surface area is 162 Å². The van der Waals surface area contributed by atoms with Crippen molar-refractivity contribution < 1.29 is 9.53 Å². The van der Waals surface area contributed by atoms with E-state index in [1.807, 2.05) is 18.2 Å². The number of methoxy groups -OCH3 is 1. The van der Waals surface area contributed by atoms with E-state index in [-0.39, 0.29) is 0 Å². The van der Waals surface area contributed by atoms with Crippen molar-refractivity contribution in [2.24, 2.45) is 17.1 Å². The topological polar surface area (TPSA) is 52.3 Å². The zero-order valence-electron chi connectivity index (χ0n) is 16.8. The fourth-order valence-electron chi connectivity index (χ4n) is 4.09. The summed E-state index contributed by atoms with van der Waals surface area (Å²) in [6.45, 7) is 4.78. The molecule has 2 aromatic rings. The highest BCUT2D eigenvalue weighted by atomic mass is 16.5. The average molecular weight is 366 g/mol. The van der Waals surface area contributed by atoms with E-state index in [0.29, 0.717) is 11.0 Å². The van der Waals surface area contributed by atoms with Crippen LogP contribution in [0.25, 0.3) is 11.1 Å². The van der Waals surface area contributed by atoms with Gasteiger partial charge in [-0.25, -0.2) is 0 Å². The molecule has 0 radical (unpaired) electrons. The van der Waals surface area contributed by atoms with Crippen LogP contribution in [0, 0.1) is 11.3 Å². The smallest absolute Gasteiger partial charge is 0.248 e. The average Bonchev–Trinajstić information content (AvgIpc) is 2.67. The number of primary amides is 1. The predicted octanol–water partition coefficient (Wildman–Crippen LogP) is 5.61. The van der Waals surface area contributed by atoms with Crippen molar-refractivity contribution >= 4 is 5.91 Å². The fraction of sp³-hybridized carbons (Fsp3) is 0.458. The molecule has 27 heavy (non-hydrogen) atoms. The quantitative estimate of drug-likeness (QED) is 0.723. The van der Waals surface area contributed by atoms with Gasteiger partial charge in [0.1, 0.15) is 5.75 Å². The fourth-order valence-corrected chi connectivity index (χ4v) is 4.09. The van der Waals surface area contributed by atoms with Gasteiger partial charge in [0, 0.05) is 11.1 Å². The molecule has 0 aromatic heterocycles. The number of benzene rings is 2. The Bertz CT molecular complexity index is 800. The maximum Gasteiger partial charge on any atom is 0.248 e. The number of hydrogen-bond acceptors (Lipinski definition) is 2. The Hall–Kier alpha value is -2.29. The predicted molar refractivity (Wildman–Crippen MR) is 111 cm³/mol. The van der Waals surface area contributed by atoms with E-state index < -0.39 is 5.91 Å². The van der Waals surface area contributed by atoms with Gasteiger partial charge in [-0.05, 0) is 79.2 Å². The molecule has 3 nitrogen and oxygen atoms in total. The van der Waals surface area contributed by atoms with E-state index in [2.05, 4.69) is 32.0 Å². The van der Waals surface area contributed by atoms with Gasteiger partial charge in [-0.3, -0.25) is 4.79 Å². The van der Waals surface area contributed by atoms with Crippen molar-refractivity contribution in [3.05, 3.63) is 53.6 Å². The summed E-state index contributed by atoms with van der Waals surface area (Å²) in [7, 11) is 1.70. The highest BCUT2D eigenvalue weighted by Crippen LogP contribution is 2.40. The summed E-state index contributed by atoms with van der Waals surface area (Å²) in [5.41, 5.74) is 9.70. The Balaban J connectivity index is 1.71. The summed E-state index contributed by atoms with van der Waals surface area (Å²) in [4.78, 5) is 11.5. The van der Waals surface area contributed by atoms with Gasteiger partial charge >= 0.3 is 0 Å². The van der Waals surface area contributed by atoms with E-state index in [0.717, 1.165) is 29.2 Å². The Morgan fingerprint density at radius 2 is 1.89 bits per heavy atom. The van der Waals surface area contributed by atoms with Gasteiger partial charge in [0.2, 0.25) is 5.91 Å². The van der Waals surface area contributed by atoms with Crippen molar-refractivity contribution in [3.63, 3.8) is 0 Å². The second-order valence-corrected chi connectivity index (χ2v) is 8.63. The molecule has 0 spiro atoms. The lowest BCUT2D eigenvalue weighted by Crippen LogP contribution is -2.21. The van der Waals surface area contributed by atoms with E-state index in [1.165, 1.54) is 37.7 Å². The van der Waals surface area contributed by atoms with Crippen LogP contribution in [0.15, 0.2) is 42.5 Å². The normalized spacial score (nSPS) is 16.9. The standard InChI is InChI=1S/C24H31NO2/c1-24(2)13-11-17(12-14-24)7-8-18-9-10-21(22(15-18)27-3)19-5-4-6-20(16-19)23(25)26/h4-6,9-10,15-17H,7-8,11-14H2,1-3H3,(H2,25,26). The Morgan fingerprint density at radius 1 is 1.15 bits per heavy atom. The molecule has 2 N–H and O–H groups in total. The van der Waals surface area contributed by atoms with Crippen LogP contribution in [0.3, 0.4) is 0 Å². The van der Waals surface area contributed by atoms with Crippen LogP contribution < -0.4 is 10.5 Å². The number of carbonyl (C=O) groups is 1. The highest BCUT2D eigenvalue weighted by molar-refractivity contribution is 5.94. The van der Waals surface area contributed by atoms with Crippen LogP contribution in [0.2, 0.25) is 0 Å². The SMILES string of the molecule is COc1cc(CCC2CCC(C)(C)CC2)ccc1-c1cccc(C(N)=O)c1. The van der Waals surface area contributed by atoms with E-state index in [1.54, 1.807) is 13.2 Å².